The number of thiocarbonyl (C=S) groups is 1. The fraction of sp³-hybridized carbons (Fsp3) is 0.412. The van der Waals surface area contributed by atoms with Gasteiger partial charge in [0.15, 0.2) is 5.11 Å². The van der Waals surface area contributed by atoms with E-state index in [1.807, 2.05) is 0 Å². The first-order valence-corrected chi connectivity index (χ1v) is 8.63. The Hall–Kier alpha value is -2.09. The van der Waals surface area contributed by atoms with Gasteiger partial charge in [0, 0.05) is 18.4 Å². The first-order chi connectivity index (χ1) is 11.9. The fourth-order valence-electron chi connectivity index (χ4n) is 3.01. The zero-order valence-electron chi connectivity index (χ0n) is 13.5. The summed E-state index contributed by atoms with van der Waals surface area (Å²) >= 11 is 5.31. The molecule has 0 spiro atoms. The van der Waals surface area contributed by atoms with Crippen LogP contribution in [0.3, 0.4) is 0 Å². The number of rotatable bonds is 3. The van der Waals surface area contributed by atoms with Crippen molar-refractivity contribution in [2.24, 2.45) is 0 Å². The van der Waals surface area contributed by atoms with Crippen LogP contribution in [-0.4, -0.2) is 20.9 Å². The summed E-state index contributed by atoms with van der Waals surface area (Å²) in [6.07, 6.45) is 4.37. The summed E-state index contributed by atoms with van der Waals surface area (Å²) in [5.41, 5.74) is 0.0454. The highest BCUT2D eigenvalue weighted by Gasteiger charge is 2.31. The lowest BCUT2D eigenvalue weighted by molar-refractivity contribution is -0.137. The molecule has 1 aliphatic carbocycles. The third kappa shape index (κ3) is 4.50. The van der Waals surface area contributed by atoms with Gasteiger partial charge in [0.05, 0.1) is 16.9 Å². The van der Waals surface area contributed by atoms with Crippen molar-refractivity contribution in [1.29, 1.82) is 0 Å². The second-order valence-corrected chi connectivity index (χ2v) is 6.52. The van der Waals surface area contributed by atoms with Gasteiger partial charge >= 0.3 is 6.18 Å². The molecule has 0 atom stereocenters. The highest BCUT2D eigenvalue weighted by molar-refractivity contribution is 7.80. The molecule has 3 rings (SSSR count). The second-order valence-electron chi connectivity index (χ2n) is 6.11. The van der Waals surface area contributed by atoms with Crippen LogP contribution >= 0.6 is 12.2 Å². The molecule has 134 valence electrons. The Morgan fingerprint density at radius 3 is 2.60 bits per heavy atom. The highest BCUT2D eigenvalue weighted by Crippen LogP contribution is 2.33. The monoisotopic (exact) mass is 368 g/mol. The molecule has 1 heterocycles. The zero-order valence-corrected chi connectivity index (χ0v) is 14.3. The van der Waals surface area contributed by atoms with Gasteiger partial charge in [-0.3, -0.25) is 0 Å². The number of halogens is 3. The summed E-state index contributed by atoms with van der Waals surface area (Å²) in [4.78, 5) is 0. The van der Waals surface area contributed by atoms with E-state index < -0.39 is 11.7 Å². The van der Waals surface area contributed by atoms with Gasteiger partial charge in [-0.15, -0.1) is 0 Å². The summed E-state index contributed by atoms with van der Waals surface area (Å²) < 4.78 is 40.7. The van der Waals surface area contributed by atoms with E-state index in [0.717, 1.165) is 37.8 Å². The third-order valence-electron chi connectivity index (χ3n) is 4.26. The average molecular weight is 368 g/mol. The predicted octanol–water partition coefficient (Wildman–Crippen LogP) is 4.51. The maximum Gasteiger partial charge on any atom is 0.416 e. The molecule has 1 saturated carbocycles. The quantitative estimate of drug-likeness (QED) is 0.782. The zero-order chi connectivity index (χ0) is 17.9. The van der Waals surface area contributed by atoms with Crippen LogP contribution in [0.25, 0.3) is 5.69 Å². The van der Waals surface area contributed by atoms with E-state index in [-0.39, 0.29) is 11.7 Å². The van der Waals surface area contributed by atoms with E-state index >= 15 is 0 Å². The highest BCUT2D eigenvalue weighted by atomic mass is 32.1. The van der Waals surface area contributed by atoms with Crippen molar-refractivity contribution in [3.63, 3.8) is 0 Å². The number of aromatic nitrogens is 2. The molecule has 0 radical (unpaired) electrons. The predicted molar refractivity (Wildman–Crippen MR) is 94.8 cm³/mol. The van der Waals surface area contributed by atoms with Crippen LogP contribution in [-0.2, 0) is 6.18 Å². The normalized spacial score (nSPS) is 15.8. The molecule has 0 saturated heterocycles. The molecule has 2 N–H and O–H groups in total. The lowest BCUT2D eigenvalue weighted by atomic mass is 9.96. The van der Waals surface area contributed by atoms with Crippen molar-refractivity contribution in [2.75, 3.05) is 5.32 Å². The van der Waals surface area contributed by atoms with Crippen molar-refractivity contribution < 1.29 is 13.2 Å². The van der Waals surface area contributed by atoms with Gasteiger partial charge < -0.3 is 10.6 Å². The van der Waals surface area contributed by atoms with Gasteiger partial charge in [-0.25, -0.2) is 4.68 Å². The lowest BCUT2D eigenvalue weighted by Gasteiger charge is -2.25. The minimum atomic E-state index is -4.42. The van der Waals surface area contributed by atoms with Gasteiger partial charge in [-0.05, 0) is 49.3 Å². The van der Waals surface area contributed by atoms with Gasteiger partial charge in [0.2, 0.25) is 0 Å². The number of benzene rings is 1. The van der Waals surface area contributed by atoms with E-state index in [2.05, 4.69) is 15.7 Å². The minimum absolute atomic E-state index is 0.270. The van der Waals surface area contributed by atoms with Gasteiger partial charge in [-0.2, -0.15) is 18.3 Å². The molecule has 25 heavy (non-hydrogen) atoms. The average Bonchev–Trinajstić information content (AvgIpc) is 3.09. The van der Waals surface area contributed by atoms with Crippen LogP contribution < -0.4 is 10.6 Å². The Morgan fingerprint density at radius 1 is 1.20 bits per heavy atom. The molecule has 2 aromatic rings. The molecular formula is C17H19F3N4S. The fourth-order valence-corrected chi connectivity index (χ4v) is 3.29. The van der Waals surface area contributed by atoms with Gasteiger partial charge in [0.1, 0.15) is 0 Å². The molecule has 1 aromatic carbocycles. The Kier molecular flexibility index (Phi) is 5.27. The number of anilines is 1. The van der Waals surface area contributed by atoms with Crippen LogP contribution in [0.1, 0.15) is 37.7 Å². The third-order valence-corrected chi connectivity index (χ3v) is 4.48. The molecule has 1 fully saturated rings. The van der Waals surface area contributed by atoms with Crippen LogP contribution in [0.5, 0.6) is 0 Å². The molecule has 1 aromatic heterocycles. The first-order valence-electron chi connectivity index (χ1n) is 8.22. The molecule has 0 bridgehead atoms. The van der Waals surface area contributed by atoms with E-state index in [4.69, 9.17) is 12.2 Å². The minimum Gasteiger partial charge on any atom is -0.360 e. The summed E-state index contributed by atoms with van der Waals surface area (Å²) in [5, 5.41) is 10.6. The number of hydrogen-bond donors (Lipinski definition) is 2. The largest absolute Gasteiger partial charge is 0.416 e. The maximum atomic E-state index is 13.1. The standard InChI is InChI=1S/C17H19F3N4S/c18-17(19,20)12-7-8-15(24-10-4-9-21-24)14(11-12)23-16(25)22-13-5-2-1-3-6-13/h4,7-11,13H,1-3,5-6H2,(H2,22,23,25). The molecule has 0 unspecified atom stereocenters. The van der Waals surface area contributed by atoms with Crippen molar-refractivity contribution >= 4 is 23.0 Å². The Bertz CT molecular complexity index is 722. The molecule has 4 nitrogen and oxygen atoms in total. The smallest absolute Gasteiger partial charge is 0.360 e. The molecule has 8 heteroatoms. The summed E-state index contributed by atoms with van der Waals surface area (Å²) in [5.74, 6) is 0. The van der Waals surface area contributed by atoms with Gasteiger partial charge in [0.25, 0.3) is 0 Å². The molecule has 0 amide bonds. The van der Waals surface area contributed by atoms with E-state index in [0.29, 0.717) is 10.8 Å². The van der Waals surface area contributed by atoms with E-state index in [1.165, 1.54) is 17.2 Å². The number of alkyl halides is 3. The number of nitrogens with zero attached hydrogens (tertiary/aromatic N) is 2. The summed E-state index contributed by atoms with van der Waals surface area (Å²) in [6.45, 7) is 0. The van der Waals surface area contributed by atoms with E-state index in [1.54, 1.807) is 18.5 Å². The van der Waals surface area contributed by atoms with Crippen LogP contribution in [0.4, 0.5) is 18.9 Å². The maximum absolute atomic E-state index is 13.1. The van der Waals surface area contributed by atoms with Crippen molar-refractivity contribution in [3.05, 3.63) is 42.2 Å². The lowest BCUT2D eigenvalue weighted by Crippen LogP contribution is -2.39. The van der Waals surface area contributed by atoms with Gasteiger partial charge in [-0.1, -0.05) is 19.3 Å². The molecular weight excluding hydrogens is 349 g/mol. The molecule has 1 aliphatic rings. The number of nitrogens with one attached hydrogen (secondary N) is 2. The van der Waals surface area contributed by atoms with Crippen molar-refractivity contribution in [2.45, 2.75) is 44.3 Å². The Labute approximate surface area is 149 Å². The van der Waals surface area contributed by atoms with Crippen LogP contribution in [0.2, 0.25) is 0 Å². The summed E-state index contributed by atoms with van der Waals surface area (Å²) in [6, 6.07) is 5.47. The first kappa shape index (κ1) is 17.7. The topological polar surface area (TPSA) is 41.9 Å². The SMILES string of the molecule is FC(F)(F)c1ccc(-n2cccn2)c(NC(=S)NC2CCCCC2)c1. The van der Waals surface area contributed by atoms with E-state index in [9.17, 15) is 13.2 Å². The Morgan fingerprint density at radius 2 is 1.96 bits per heavy atom. The van der Waals surface area contributed by atoms with Crippen molar-refractivity contribution in [1.82, 2.24) is 15.1 Å². The van der Waals surface area contributed by atoms with Crippen molar-refractivity contribution in [3.8, 4) is 5.69 Å². The van der Waals surface area contributed by atoms with Crippen LogP contribution in [0, 0.1) is 0 Å². The second kappa shape index (κ2) is 7.43. The molecule has 0 aliphatic heterocycles. The number of hydrogen-bond acceptors (Lipinski definition) is 2. The Balaban J connectivity index is 1.82. The van der Waals surface area contributed by atoms with Crippen LogP contribution in [0.15, 0.2) is 36.7 Å². The summed E-state index contributed by atoms with van der Waals surface area (Å²) in [7, 11) is 0.